The molecule has 1 unspecified atom stereocenters. The summed E-state index contributed by atoms with van der Waals surface area (Å²) in [7, 11) is 2.05. The zero-order chi connectivity index (χ0) is 11.1. The van der Waals surface area contributed by atoms with E-state index in [0.717, 1.165) is 0 Å². The molecule has 0 saturated carbocycles. The van der Waals surface area contributed by atoms with Crippen LogP contribution in [0.4, 0.5) is 0 Å². The Kier molecular flexibility index (Phi) is 2.25. The highest BCUT2D eigenvalue weighted by Crippen LogP contribution is 2.34. The molecular weight excluding hydrogens is 196 g/mol. The lowest BCUT2D eigenvalue weighted by Gasteiger charge is -2.21. The fourth-order valence-corrected chi connectivity index (χ4v) is 2.87. The molecule has 1 aliphatic carbocycles. The summed E-state index contributed by atoms with van der Waals surface area (Å²) in [4.78, 5) is 3.60. The van der Waals surface area contributed by atoms with Gasteiger partial charge in [-0.3, -0.25) is 0 Å². The van der Waals surface area contributed by atoms with Crippen molar-refractivity contribution in [2.75, 3.05) is 7.05 Å². The average Bonchev–Trinajstić information content (AvgIpc) is 2.65. The minimum atomic E-state index is 0.511. The zero-order valence-corrected chi connectivity index (χ0v) is 9.93. The van der Waals surface area contributed by atoms with Crippen LogP contribution in [0, 0.1) is 6.92 Å². The Hall–Kier alpha value is -1.28. The number of H-pyrrole nitrogens is 1. The molecule has 1 aromatic heterocycles. The van der Waals surface area contributed by atoms with Crippen LogP contribution < -0.4 is 5.32 Å². The largest absolute Gasteiger partial charge is 0.357 e. The fourth-order valence-electron chi connectivity index (χ4n) is 2.87. The molecule has 0 aliphatic heterocycles. The highest BCUT2D eigenvalue weighted by atomic mass is 14.9. The molecule has 1 atom stereocenters. The van der Waals surface area contributed by atoms with E-state index in [1.165, 1.54) is 47.0 Å². The van der Waals surface area contributed by atoms with Crippen molar-refractivity contribution in [1.29, 1.82) is 0 Å². The van der Waals surface area contributed by atoms with Crippen LogP contribution in [-0.4, -0.2) is 12.0 Å². The van der Waals surface area contributed by atoms with E-state index < -0.39 is 0 Å². The van der Waals surface area contributed by atoms with Crippen LogP contribution in [0.2, 0.25) is 0 Å². The molecule has 1 aromatic carbocycles. The number of aromatic nitrogens is 1. The lowest BCUT2D eigenvalue weighted by atomic mass is 9.92. The average molecular weight is 214 g/mol. The van der Waals surface area contributed by atoms with Crippen molar-refractivity contribution in [2.24, 2.45) is 0 Å². The van der Waals surface area contributed by atoms with Crippen LogP contribution in [0.5, 0.6) is 0 Å². The summed E-state index contributed by atoms with van der Waals surface area (Å²) < 4.78 is 0. The second kappa shape index (κ2) is 3.63. The first-order valence-electron chi connectivity index (χ1n) is 6.08. The smallest absolute Gasteiger partial charge is 0.0473 e. The monoisotopic (exact) mass is 214 g/mol. The maximum Gasteiger partial charge on any atom is 0.0473 e. The van der Waals surface area contributed by atoms with Gasteiger partial charge in [-0.05, 0) is 50.4 Å². The molecule has 2 aromatic rings. The van der Waals surface area contributed by atoms with Gasteiger partial charge in [-0.25, -0.2) is 0 Å². The Morgan fingerprint density at radius 1 is 1.38 bits per heavy atom. The van der Waals surface area contributed by atoms with Gasteiger partial charge in [0.1, 0.15) is 0 Å². The molecule has 0 bridgehead atoms. The van der Waals surface area contributed by atoms with Crippen LogP contribution in [0.15, 0.2) is 18.2 Å². The Morgan fingerprint density at radius 2 is 2.25 bits per heavy atom. The minimum Gasteiger partial charge on any atom is -0.357 e. The Bertz CT molecular complexity index is 525. The Labute approximate surface area is 96.1 Å². The molecule has 1 aliphatic rings. The second-order valence-electron chi connectivity index (χ2n) is 4.80. The van der Waals surface area contributed by atoms with E-state index in [0.29, 0.717) is 6.04 Å². The Balaban J connectivity index is 2.24. The number of aryl methyl sites for hydroxylation is 2. The van der Waals surface area contributed by atoms with Crippen molar-refractivity contribution in [3.8, 4) is 0 Å². The van der Waals surface area contributed by atoms with Crippen LogP contribution in [0.3, 0.4) is 0 Å². The number of hydrogen-bond acceptors (Lipinski definition) is 1. The van der Waals surface area contributed by atoms with Gasteiger partial charge in [0.25, 0.3) is 0 Å². The molecule has 2 nitrogen and oxygen atoms in total. The van der Waals surface area contributed by atoms with Crippen LogP contribution in [0.25, 0.3) is 10.9 Å². The first-order chi connectivity index (χ1) is 7.79. The van der Waals surface area contributed by atoms with Gasteiger partial charge in [-0.1, -0.05) is 12.1 Å². The molecule has 0 fully saturated rings. The van der Waals surface area contributed by atoms with Crippen molar-refractivity contribution in [2.45, 2.75) is 32.2 Å². The number of nitrogens with one attached hydrogen (secondary N) is 2. The number of hydrogen-bond donors (Lipinski definition) is 2. The maximum atomic E-state index is 3.60. The molecule has 0 radical (unpaired) electrons. The lowest BCUT2D eigenvalue weighted by molar-refractivity contribution is 0.489. The summed E-state index contributed by atoms with van der Waals surface area (Å²) in [5.74, 6) is 0. The molecule has 16 heavy (non-hydrogen) atoms. The van der Waals surface area contributed by atoms with Crippen molar-refractivity contribution in [3.05, 3.63) is 35.0 Å². The van der Waals surface area contributed by atoms with E-state index in [4.69, 9.17) is 0 Å². The molecular formula is C14H18N2. The topological polar surface area (TPSA) is 27.8 Å². The van der Waals surface area contributed by atoms with Crippen LogP contribution in [-0.2, 0) is 6.42 Å². The summed E-state index contributed by atoms with van der Waals surface area (Å²) in [5.41, 5.74) is 5.56. The van der Waals surface area contributed by atoms with Gasteiger partial charge in [0.15, 0.2) is 0 Å². The van der Waals surface area contributed by atoms with Gasteiger partial charge in [0.2, 0.25) is 0 Å². The second-order valence-corrected chi connectivity index (χ2v) is 4.80. The summed E-state index contributed by atoms with van der Waals surface area (Å²) >= 11 is 0. The molecule has 0 spiro atoms. The normalized spacial score (nSPS) is 20.0. The molecule has 84 valence electrons. The lowest BCUT2D eigenvalue weighted by Crippen LogP contribution is -2.21. The minimum absolute atomic E-state index is 0.511. The van der Waals surface area contributed by atoms with E-state index in [2.05, 4.69) is 42.5 Å². The van der Waals surface area contributed by atoms with Gasteiger partial charge in [-0.2, -0.15) is 0 Å². The summed E-state index contributed by atoms with van der Waals surface area (Å²) in [6, 6.07) is 7.23. The number of fused-ring (bicyclic) bond motifs is 3. The predicted octanol–water partition coefficient (Wildman–Crippen LogP) is 3.07. The number of aromatic amines is 1. The molecule has 2 N–H and O–H groups in total. The zero-order valence-electron chi connectivity index (χ0n) is 9.93. The third-order valence-corrected chi connectivity index (χ3v) is 3.71. The van der Waals surface area contributed by atoms with Gasteiger partial charge in [0.05, 0.1) is 0 Å². The maximum absolute atomic E-state index is 3.60. The van der Waals surface area contributed by atoms with Gasteiger partial charge in [-0.15, -0.1) is 0 Å². The van der Waals surface area contributed by atoms with Crippen LogP contribution >= 0.6 is 0 Å². The predicted molar refractivity (Wildman–Crippen MR) is 67.8 cm³/mol. The highest BCUT2D eigenvalue weighted by molar-refractivity contribution is 5.85. The van der Waals surface area contributed by atoms with E-state index >= 15 is 0 Å². The summed E-state index contributed by atoms with van der Waals surface area (Å²) in [5, 5.41) is 4.82. The first-order valence-corrected chi connectivity index (χ1v) is 6.08. The molecule has 3 rings (SSSR count). The molecule has 1 heterocycles. The first kappa shape index (κ1) is 9.91. The quantitative estimate of drug-likeness (QED) is 0.750. The summed E-state index contributed by atoms with van der Waals surface area (Å²) in [6.45, 7) is 2.15. The molecule has 0 saturated heterocycles. The summed E-state index contributed by atoms with van der Waals surface area (Å²) in [6.07, 6.45) is 3.76. The van der Waals surface area contributed by atoms with Crippen molar-refractivity contribution >= 4 is 10.9 Å². The number of rotatable bonds is 1. The number of benzene rings is 1. The van der Waals surface area contributed by atoms with E-state index in [9.17, 15) is 0 Å². The Morgan fingerprint density at radius 3 is 3.06 bits per heavy atom. The highest BCUT2D eigenvalue weighted by Gasteiger charge is 2.22. The SMILES string of the molecule is CNC1CCCc2c1[nH]c1cc(C)ccc21. The molecule has 0 amide bonds. The van der Waals surface area contributed by atoms with Crippen molar-refractivity contribution in [3.63, 3.8) is 0 Å². The third-order valence-electron chi connectivity index (χ3n) is 3.71. The third kappa shape index (κ3) is 1.37. The molecule has 2 heteroatoms. The van der Waals surface area contributed by atoms with Gasteiger partial charge < -0.3 is 10.3 Å². The fraction of sp³-hybridized carbons (Fsp3) is 0.429. The van der Waals surface area contributed by atoms with Crippen molar-refractivity contribution in [1.82, 2.24) is 10.3 Å². The van der Waals surface area contributed by atoms with Gasteiger partial charge >= 0.3 is 0 Å². The van der Waals surface area contributed by atoms with E-state index in [1.54, 1.807) is 0 Å². The van der Waals surface area contributed by atoms with Gasteiger partial charge in [0, 0.05) is 22.6 Å². The van der Waals surface area contributed by atoms with E-state index in [-0.39, 0.29) is 0 Å². The standard InChI is InChI=1S/C14H18N2/c1-9-6-7-10-11-4-3-5-12(15-2)14(11)16-13(10)8-9/h6-8,12,15-16H,3-5H2,1-2H3. The van der Waals surface area contributed by atoms with E-state index in [1.807, 2.05) is 0 Å². The van der Waals surface area contributed by atoms with Crippen LogP contribution in [0.1, 0.15) is 35.7 Å². The van der Waals surface area contributed by atoms with Crippen molar-refractivity contribution < 1.29 is 0 Å².